The highest BCUT2D eigenvalue weighted by Gasteiger charge is 2.14. The van der Waals surface area contributed by atoms with Gasteiger partial charge >= 0.3 is 7.12 Å². The highest BCUT2D eigenvalue weighted by atomic mass is 35.5. The van der Waals surface area contributed by atoms with E-state index in [9.17, 15) is 0 Å². The number of halogens is 1. The van der Waals surface area contributed by atoms with Crippen molar-refractivity contribution >= 4 is 45.6 Å². The molecule has 72 valence electrons. The molecule has 0 unspecified atom stereocenters. The van der Waals surface area contributed by atoms with E-state index in [1.807, 2.05) is 13.0 Å². The van der Waals surface area contributed by atoms with E-state index in [0.29, 0.717) is 10.5 Å². The van der Waals surface area contributed by atoms with E-state index in [-0.39, 0.29) is 0 Å². The minimum absolute atomic E-state index is 0.431. The van der Waals surface area contributed by atoms with Crippen molar-refractivity contribution in [3.8, 4) is 0 Å². The maximum atomic E-state index is 9.01. The molecule has 0 aliphatic heterocycles. The molecule has 2 N–H and O–H groups in total. The van der Waals surface area contributed by atoms with Gasteiger partial charge in [-0.3, -0.25) is 0 Å². The summed E-state index contributed by atoms with van der Waals surface area (Å²) in [6.07, 6.45) is 0. The molecule has 0 radical (unpaired) electrons. The molecule has 0 bridgehead atoms. The van der Waals surface area contributed by atoms with Crippen LogP contribution in [0.2, 0.25) is 5.02 Å². The summed E-state index contributed by atoms with van der Waals surface area (Å²) in [6.45, 7) is 2.00. The van der Waals surface area contributed by atoms with Gasteiger partial charge in [0, 0.05) is 4.88 Å². The lowest BCUT2D eigenvalue weighted by Crippen LogP contribution is -2.29. The van der Waals surface area contributed by atoms with E-state index in [0.717, 1.165) is 15.0 Å². The van der Waals surface area contributed by atoms with E-state index in [2.05, 4.69) is 0 Å². The van der Waals surface area contributed by atoms with Crippen molar-refractivity contribution in [2.75, 3.05) is 0 Å². The summed E-state index contributed by atoms with van der Waals surface area (Å²) in [6, 6.07) is 5.32. The van der Waals surface area contributed by atoms with Gasteiger partial charge in [-0.1, -0.05) is 17.7 Å². The fourth-order valence-corrected chi connectivity index (χ4v) is 2.66. The van der Waals surface area contributed by atoms with E-state index in [4.69, 9.17) is 21.6 Å². The summed E-state index contributed by atoms with van der Waals surface area (Å²) in [5.41, 5.74) is 0.431. The van der Waals surface area contributed by atoms with Crippen LogP contribution in [0.3, 0.4) is 0 Å². The zero-order valence-corrected chi connectivity index (χ0v) is 9.06. The van der Waals surface area contributed by atoms with Crippen molar-refractivity contribution in [2.24, 2.45) is 0 Å². The van der Waals surface area contributed by atoms with Gasteiger partial charge in [-0.15, -0.1) is 11.3 Å². The molecule has 1 aromatic carbocycles. The third kappa shape index (κ3) is 1.66. The van der Waals surface area contributed by atoms with Crippen molar-refractivity contribution in [2.45, 2.75) is 6.92 Å². The van der Waals surface area contributed by atoms with Crippen LogP contribution in [0.5, 0.6) is 0 Å². The Balaban J connectivity index is 2.71. The Morgan fingerprint density at radius 2 is 2.00 bits per heavy atom. The number of benzene rings is 1. The summed E-state index contributed by atoms with van der Waals surface area (Å²) in [5, 5.41) is 19.6. The fraction of sp³-hybridized carbons (Fsp3) is 0.111. The Bertz CT molecular complexity index is 481. The van der Waals surface area contributed by atoms with Crippen molar-refractivity contribution in [3.63, 3.8) is 0 Å². The Labute approximate surface area is 90.9 Å². The summed E-state index contributed by atoms with van der Waals surface area (Å²) in [5.74, 6) is 0. The Hall–Kier alpha value is -0.545. The first-order valence-corrected chi connectivity index (χ1v) is 5.33. The molecule has 0 spiro atoms. The lowest BCUT2D eigenvalue weighted by Gasteiger charge is -2.00. The third-order valence-corrected chi connectivity index (χ3v) is 3.52. The molecular weight excluding hydrogens is 218 g/mol. The first-order chi connectivity index (χ1) is 6.58. The van der Waals surface area contributed by atoms with E-state index < -0.39 is 7.12 Å². The average Bonchev–Trinajstić information content (AvgIpc) is 2.45. The summed E-state index contributed by atoms with van der Waals surface area (Å²) < 4.78 is 0.994. The Morgan fingerprint density at radius 3 is 2.64 bits per heavy atom. The highest BCUT2D eigenvalue weighted by Crippen LogP contribution is 2.30. The van der Waals surface area contributed by atoms with Crippen LogP contribution in [0.15, 0.2) is 18.2 Å². The molecule has 2 nitrogen and oxygen atoms in total. The number of thiophene rings is 1. The van der Waals surface area contributed by atoms with Crippen LogP contribution < -0.4 is 5.46 Å². The van der Waals surface area contributed by atoms with Crippen LogP contribution in [-0.2, 0) is 0 Å². The average molecular weight is 226 g/mol. The zero-order chi connectivity index (χ0) is 10.3. The topological polar surface area (TPSA) is 40.5 Å². The fourth-order valence-electron chi connectivity index (χ4n) is 1.41. The molecule has 0 aliphatic rings. The van der Waals surface area contributed by atoms with Gasteiger partial charge in [0.15, 0.2) is 0 Å². The van der Waals surface area contributed by atoms with Gasteiger partial charge in [0.05, 0.1) is 9.72 Å². The van der Waals surface area contributed by atoms with Gasteiger partial charge in [0.1, 0.15) is 0 Å². The van der Waals surface area contributed by atoms with E-state index in [1.54, 1.807) is 23.5 Å². The SMILES string of the molecule is Cc1cc2cc(B(O)O)cc(Cl)c2s1. The van der Waals surface area contributed by atoms with E-state index in [1.165, 1.54) is 0 Å². The monoisotopic (exact) mass is 226 g/mol. The molecule has 0 saturated carbocycles. The molecule has 0 saturated heterocycles. The molecule has 2 aromatic rings. The molecule has 0 amide bonds. The van der Waals surface area contributed by atoms with Gasteiger partial charge < -0.3 is 10.0 Å². The third-order valence-electron chi connectivity index (χ3n) is 2.01. The maximum Gasteiger partial charge on any atom is 0.488 e. The summed E-state index contributed by atoms with van der Waals surface area (Å²) in [4.78, 5) is 1.16. The molecule has 1 aromatic heterocycles. The Kier molecular flexibility index (Phi) is 2.53. The smallest absolute Gasteiger partial charge is 0.423 e. The predicted octanol–water partition coefficient (Wildman–Crippen LogP) is 1.54. The molecule has 0 aliphatic carbocycles. The lowest BCUT2D eigenvalue weighted by atomic mass is 9.80. The van der Waals surface area contributed by atoms with Crippen LogP contribution in [-0.4, -0.2) is 17.2 Å². The first kappa shape index (κ1) is 9.99. The lowest BCUT2D eigenvalue weighted by molar-refractivity contribution is 0.426. The van der Waals surface area contributed by atoms with Crippen molar-refractivity contribution in [3.05, 3.63) is 28.1 Å². The first-order valence-electron chi connectivity index (χ1n) is 4.13. The second-order valence-electron chi connectivity index (χ2n) is 3.15. The van der Waals surface area contributed by atoms with Gasteiger partial charge in [0.25, 0.3) is 0 Å². The largest absolute Gasteiger partial charge is 0.488 e. The molecule has 0 atom stereocenters. The number of fused-ring (bicyclic) bond motifs is 1. The zero-order valence-electron chi connectivity index (χ0n) is 7.49. The van der Waals surface area contributed by atoms with Crippen LogP contribution in [0.4, 0.5) is 0 Å². The molecule has 1 heterocycles. The minimum atomic E-state index is -1.46. The Morgan fingerprint density at radius 1 is 1.29 bits per heavy atom. The molecule has 2 rings (SSSR count). The van der Waals surface area contributed by atoms with Crippen LogP contribution in [0.25, 0.3) is 10.1 Å². The number of aryl methyl sites for hydroxylation is 1. The molecule has 14 heavy (non-hydrogen) atoms. The summed E-state index contributed by atoms with van der Waals surface area (Å²) in [7, 11) is -1.46. The van der Waals surface area contributed by atoms with Crippen molar-refractivity contribution in [1.82, 2.24) is 0 Å². The van der Waals surface area contributed by atoms with Gasteiger partial charge in [0.2, 0.25) is 0 Å². The molecular formula is C9H8BClO2S. The number of rotatable bonds is 1. The van der Waals surface area contributed by atoms with Crippen molar-refractivity contribution in [1.29, 1.82) is 0 Å². The van der Waals surface area contributed by atoms with Gasteiger partial charge in [-0.25, -0.2) is 0 Å². The van der Waals surface area contributed by atoms with Crippen LogP contribution in [0.1, 0.15) is 4.88 Å². The standard InChI is InChI=1S/C9H8BClO2S/c1-5-2-6-3-7(10(12)13)4-8(11)9(6)14-5/h2-4,12-13H,1H3. The minimum Gasteiger partial charge on any atom is -0.423 e. The second-order valence-corrected chi connectivity index (χ2v) is 4.82. The molecule has 5 heteroatoms. The van der Waals surface area contributed by atoms with Gasteiger partial charge in [-0.2, -0.15) is 0 Å². The second kappa shape index (κ2) is 3.55. The molecule has 0 fully saturated rings. The normalized spacial score (nSPS) is 10.9. The highest BCUT2D eigenvalue weighted by molar-refractivity contribution is 7.19. The predicted molar refractivity (Wildman–Crippen MR) is 61.4 cm³/mol. The van der Waals surface area contributed by atoms with Crippen LogP contribution >= 0.6 is 22.9 Å². The van der Waals surface area contributed by atoms with Crippen molar-refractivity contribution < 1.29 is 10.0 Å². The number of hydrogen-bond acceptors (Lipinski definition) is 3. The van der Waals surface area contributed by atoms with Crippen LogP contribution in [0, 0.1) is 6.92 Å². The maximum absolute atomic E-state index is 9.01. The van der Waals surface area contributed by atoms with E-state index >= 15 is 0 Å². The summed E-state index contributed by atoms with van der Waals surface area (Å²) >= 11 is 7.61. The van der Waals surface area contributed by atoms with Gasteiger partial charge in [-0.05, 0) is 29.9 Å². The number of hydrogen-bond donors (Lipinski definition) is 2. The quantitative estimate of drug-likeness (QED) is 0.724.